The standard InChI is InChI=1S/C28H29ClF2N4O4/c1-16(36)22-15-35(24-8-5-19(12-21(22)24)33-28(38)39-20-6-7-20)10-9-34-14-18(30)11-25(34)27(37)32-13-17-3-2-4-23(29)26(17)31/h2-5,8,12,15,18,20,25H,6-7,9-11,13-14H2,1H3,(H,32,37)(H,33,38). The summed E-state index contributed by atoms with van der Waals surface area (Å²) in [6.45, 7) is 2.28. The number of fused-ring (bicyclic) bond motifs is 1. The van der Waals surface area contributed by atoms with Gasteiger partial charge in [-0.1, -0.05) is 23.7 Å². The normalized spacial score (nSPS) is 19.3. The predicted octanol–water partition coefficient (Wildman–Crippen LogP) is 5.08. The lowest BCUT2D eigenvalue weighted by Crippen LogP contribution is -2.44. The van der Waals surface area contributed by atoms with Crippen LogP contribution in [0, 0.1) is 5.82 Å². The zero-order chi connectivity index (χ0) is 27.7. The lowest BCUT2D eigenvalue weighted by molar-refractivity contribution is -0.125. The fraction of sp³-hybridized carbons (Fsp3) is 0.393. The zero-order valence-electron chi connectivity index (χ0n) is 21.4. The number of alkyl halides is 1. The number of nitrogens with one attached hydrogen (secondary N) is 2. The SMILES string of the molecule is CC(=O)c1cn(CCN2CC(F)CC2C(=O)NCc2cccc(Cl)c2F)c2ccc(NC(=O)OC3CC3)cc12. The summed E-state index contributed by atoms with van der Waals surface area (Å²) in [6.07, 6.45) is 1.79. The summed E-state index contributed by atoms with van der Waals surface area (Å²) in [6, 6.07) is 9.13. The summed E-state index contributed by atoms with van der Waals surface area (Å²) >= 11 is 5.82. The van der Waals surface area contributed by atoms with Crippen molar-refractivity contribution in [3.05, 3.63) is 64.6 Å². The van der Waals surface area contributed by atoms with Crippen LogP contribution in [0.2, 0.25) is 5.02 Å². The Labute approximate surface area is 229 Å². The molecule has 2 aromatic carbocycles. The van der Waals surface area contributed by atoms with E-state index in [4.69, 9.17) is 16.3 Å². The zero-order valence-corrected chi connectivity index (χ0v) is 22.1. The second-order valence-electron chi connectivity index (χ2n) is 10.0. The minimum Gasteiger partial charge on any atom is -0.446 e. The predicted molar refractivity (Wildman–Crippen MR) is 143 cm³/mol. The third-order valence-corrected chi connectivity index (χ3v) is 7.36. The van der Waals surface area contributed by atoms with Gasteiger partial charge in [0.25, 0.3) is 0 Å². The maximum absolute atomic E-state index is 14.4. The van der Waals surface area contributed by atoms with Gasteiger partial charge in [0.15, 0.2) is 5.78 Å². The van der Waals surface area contributed by atoms with E-state index in [0.717, 1.165) is 18.4 Å². The van der Waals surface area contributed by atoms with Crippen LogP contribution >= 0.6 is 11.6 Å². The molecule has 2 N–H and O–H groups in total. The van der Waals surface area contributed by atoms with Crippen LogP contribution in [0.4, 0.5) is 19.3 Å². The van der Waals surface area contributed by atoms with E-state index in [1.54, 1.807) is 35.4 Å². The van der Waals surface area contributed by atoms with Crippen molar-refractivity contribution in [1.29, 1.82) is 0 Å². The van der Waals surface area contributed by atoms with Gasteiger partial charge in [-0.05, 0) is 44.0 Å². The molecule has 2 heterocycles. The molecule has 1 aliphatic heterocycles. The minimum atomic E-state index is -1.16. The topological polar surface area (TPSA) is 92.7 Å². The second kappa shape index (κ2) is 11.3. The molecule has 1 saturated carbocycles. The van der Waals surface area contributed by atoms with Crippen LogP contribution in [-0.4, -0.2) is 58.7 Å². The summed E-state index contributed by atoms with van der Waals surface area (Å²) in [5.74, 6) is -1.11. The molecule has 0 radical (unpaired) electrons. The van der Waals surface area contributed by atoms with E-state index in [1.807, 2.05) is 4.57 Å². The summed E-state index contributed by atoms with van der Waals surface area (Å²) in [5.41, 5.74) is 2.03. The molecule has 2 amide bonds. The Bertz CT molecular complexity index is 1420. The molecule has 8 nitrogen and oxygen atoms in total. The van der Waals surface area contributed by atoms with Crippen molar-refractivity contribution in [2.75, 3.05) is 18.4 Å². The Kier molecular flexibility index (Phi) is 7.86. The van der Waals surface area contributed by atoms with Gasteiger partial charge in [-0.2, -0.15) is 0 Å². The van der Waals surface area contributed by atoms with Crippen LogP contribution < -0.4 is 10.6 Å². The number of ether oxygens (including phenoxy) is 1. The van der Waals surface area contributed by atoms with Crippen molar-refractivity contribution in [3.8, 4) is 0 Å². The van der Waals surface area contributed by atoms with Crippen molar-refractivity contribution in [2.24, 2.45) is 0 Å². The smallest absolute Gasteiger partial charge is 0.411 e. The lowest BCUT2D eigenvalue weighted by Gasteiger charge is -2.23. The molecule has 1 saturated heterocycles. The summed E-state index contributed by atoms with van der Waals surface area (Å²) in [4.78, 5) is 39.1. The van der Waals surface area contributed by atoms with Crippen molar-refractivity contribution in [3.63, 3.8) is 0 Å². The molecule has 0 spiro atoms. The Morgan fingerprint density at radius 2 is 1.95 bits per heavy atom. The number of ketones is 1. The third-order valence-electron chi connectivity index (χ3n) is 7.07. The van der Waals surface area contributed by atoms with E-state index in [1.165, 1.54) is 19.1 Å². The first kappa shape index (κ1) is 27.1. The summed E-state index contributed by atoms with van der Waals surface area (Å²) in [5, 5.41) is 6.05. The molecule has 2 unspecified atom stereocenters. The van der Waals surface area contributed by atoms with Gasteiger partial charge in [-0.25, -0.2) is 13.6 Å². The van der Waals surface area contributed by atoms with Gasteiger partial charge < -0.3 is 14.6 Å². The van der Waals surface area contributed by atoms with E-state index in [-0.39, 0.29) is 47.9 Å². The number of benzene rings is 2. The highest BCUT2D eigenvalue weighted by atomic mass is 35.5. The molecule has 11 heteroatoms. The number of anilines is 1. The van der Waals surface area contributed by atoms with Crippen molar-refractivity contribution in [1.82, 2.24) is 14.8 Å². The first-order valence-corrected chi connectivity index (χ1v) is 13.3. The van der Waals surface area contributed by atoms with E-state index < -0.39 is 24.1 Å². The van der Waals surface area contributed by atoms with E-state index in [2.05, 4.69) is 10.6 Å². The fourth-order valence-electron chi connectivity index (χ4n) is 4.91. The molecule has 0 bridgehead atoms. The quantitative estimate of drug-likeness (QED) is 0.358. The molecule has 206 valence electrons. The van der Waals surface area contributed by atoms with Gasteiger partial charge in [-0.15, -0.1) is 0 Å². The van der Waals surface area contributed by atoms with Crippen molar-refractivity contribution >= 4 is 46.0 Å². The van der Waals surface area contributed by atoms with Gasteiger partial charge >= 0.3 is 6.09 Å². The molecule has 39 heavy (non-hydrogen) atoms. The number of carbonyl (C=O) groups excluding carboxylic acids is 3. The molecular formula is C28H29ClF2N4O4. The molecule has 2 fully saturated rings. The first-order valence-electron chi connectivity index (χ1n) is 12.9. The van der Waals surface area contributed by atoms with E-state index in [9.17, 15) is 23.2 Å². The number of halogens is 3. The number of amides is 2. The first-order chi connectivity index (χ1) is 18.7. The second-order valence-corrected chi connectivity index (χ2v) is 10.4. The monoisotopic (exact) mass is 558 g/mol. The van der Waals surface area contributed by atoms with Crippen LogP contribution in [0.3, 0.4) is 0 Å². The number of rotatable bonds is 9. The minimum absolute atomic E-state index is 0.0268. The number of aromatic nitrogens is 1. The van der Waals surface area contributed by atoms with Gasteiger partial charge in [0, 0.05) is 66.5 Å². The average Bonchev–Trinajstić information content (AvgIpc) is 3.51. The average molecular weight is 559 g/mol. The van der Waals surface area contributed by atoms with E-state index >= 15 is 0 Å². The number of carbonyl (C=O) groups is 3. The van der Waals surface area contributed by atoms with Crippen molar-refractivity contribution in [2.45, 2.75) is 57.6 Å². The summed E-state index contributed by atoms with van der Waals surface area (Å²) < 4.78 is 35.7. The van der Waals surface area contributed by atoms with Crippen LogP contribution in [0.15, 0.2) is 42.6 Å². The Morgan fingerprint density at radius 1 is 1.15 bits per heavy atom. The van der Waals surface area contributed by atoms with Crippen LogP contribution in [0.25, 0.3) is 10.9 Å². The van der Waals surface area contributed by atoms with Gasteiger partial charge in [-0.3, -0.25) is 19.8 Å². The highest BCUT2D eigenvalue weighted by Crippen LogP contribution is 2.28. The van der Waals surface area contributed by atoms with Gasteiger partial charge in [0.05, 0.1) is 11.1 Å². The Balaban J connectivity index is 1.27. The Hall–Kier alpha value is -3.50. The number of likely N-dealkylation sites (tertiary alicyclic amines) is 1. The van der Waals surface area contributed by atoms with Crippen molar-refractivity contribution < 1.29 is 27.9 Å². The molecule has 2 aliphatic rings. The van der Waals surface area contributed by atoms with Crippen LogP contribution in [-0.2, 0) is 22.6 Å². The van der Waals surface area contributed by atoms with E-state index in [0.29, 0.717) is 29.7 Å². The number of Topliss-reactive ketones (excluding diaryl/α,β-unsaturated/α-hetero) is 1. The molecular weight excluding hydrogens is 530 g/mol. The molecule has 1 aromatic heterocycles. The molecule has 5 rings (SSSR count). The highest BCUT2D eigenvalue weighted by Gasteiger charge is 2.36. The number of hydrogen-bond acceptors (Lipinski definition) is 5. The summed E-state index contributed by atoms with van der Waals surface area (Å²) in [7, 11) is 0. The molecule has 2 atom stereocenters. The number of hydrogen-bond donors (Lipinski definition) is 2. The highest BCUT2D eigenvalue weighted by molar-refractivity contribution is 6.30. The third kappa shape index (κ3) is 6.23. The maximum Gasteiger partial charge on any atom is 0.411 e. The molecule has 1 aliphatic carbocycles. The largest absolute Gasteiger partial charge is 0.446 e. The van der Waals surface area contributed by atoms with Crippen LogP contribution in [0.5, 0.6) is 0 Å². The molecule has 3 aromatic rings. The van der Waals surface area contributed by atoms with Gasteiger partial charge in [0.1, 0.15) is 18.1 Å². The van der Waals surface area contributed by atoms with Crippen LogP contribution in [0.1, 0.15) is 42.1 Å². The lowest BCUT2D eigenvalue weighted by atomic mass is 10.1. The van der Waals surface area contributed by atoms with Gasteiger partial charge in [0.2, 0.25) is 5.91 Å². The fourth-order valence-corrected chi connectivity index (χ4v) is 5.11. The Morgan fingerprint density at radius 3 is 2.69 bits per heavy atom. The number of nitrogens with zero attached hydrogens (tertiary/aromatic N) is 2. The maximum atomic E-state index is 14.4.